The number of aromatic nitrogens is 2. The average Bonchev–Trinajstić information content (AvgIpc) is 3.48. The van der Waals surface area contributed by atoms with Crippen molar-refractivity contribution < 1.29 is 9.53 Å². The summed E-state index contributed by atoms with van der Waals surface area (Å²) < 4.78 is 7.98. The SMILES string of the molecule is Cn1cc(CN2CCN(C(=O)Cc3ccc(Cl)c(Cl)c3)[C@@H]3C(N4CCCC4)COCC32)cn1. The Kier molecular flexibility index (Phi) is 6.95. The van der Waals surface area contributed by atoms with Crippen LogP contribution in [0.4, 0.5) is 0 Å². The number of halogens is 2. The number of piperazine rings is 1. The lowest BCUT2D eigenvalue weighted by atomic mass is 9.90. The van der Waals surface area contributed by atoms with E-state index >= 15 is 0 Å². The molecule has 4 heterocycles. The van der Waals surface area contributed by atoms with Gasteiger partial charge in [-0.05, 0) is 43.6 Å². The molecule has 1 aromatic carbocycles. The number of likely N-dealkylation sites (tertiary alicyclic amines) is 1. The molecule has 1 aromatic heterocycles. The van der Waals surface area contributed by atoms with Crippen molar-refractivity contribution in [2.75, 3.05) is 39.4 Å². The Morgan fingerprint density at radius 3 is 2.58 bits per heavy atom. The number of carbonyl (C=O) groups is 1. The number of amides is 1. The lowest BCUT2D eigenvalue weighted by Gasteiger charge is -2.54. The molecule has 0 spiro atoms. The van der Waals surface area contributed by atoms with Crippen molar-refractivity contribution in [1.82, 2.24) is 24.5 Å². The van der Waals surface area contributed by atoms with Gasteiger partial charge in [0, 0.05) is 38.4 Å². The third kappa shape index (κ3) is 4.93. The molecule has 3 aliphatic rings. The molecule has 2 unspecified atom stereocenters. The summed E-state index contributed by atoms with van der Waals surface area (Å²) in [5.41, 5.74) is 2.09. The van der Waals surface area contributed by atoms with Crippen LogP contribution in [0.3, 0.4) is 0 Å². The van der Waals surface area contributed by atoms with Gasteiger partial charge >= 0.3 is 0 Å². The van der Waals surface area contributed by atoms with Crippen LogP contribution in [0.1, 0.15) is 24.0 Å². The maximum absolute atomic E-state index is 13.6. The second-order valence-electron chi connectivity index (χ2n) is 9.41. The van der Waals surface area contributed by atoms with E-state index in [4.69, 9.17) is 27.9 Å². The molecular formula is C24H31Cl2N5O2. The molecule has 2 aromatic rings. The van der Waals surface area contributed by atoms with Gasteiger partial charge in [0.15, 0.2) is 0 Å². The minimum absolute atomic E-state index is 0.109. The number of hydrogen-bond donors (Lipinski definition) is 0. The van der Waals surface area contributed by atoms with E-state index in [0.29, 0.717) is 36.2 Å². The van der Waals surface area contributed by atoms with E-state index in [1.54, 1.807) is 12.1 Å². The zero-order valence-corrected chi connectivity index (χ0v) is 20.5. The van der Waals surface area contributed by atoms with E-state index in [9.17, 15) is 4.79 Å². The van der Waals surface area contributed by atoms with Crippen LogP contribution in [0.15, 0.2) is 30.6 Å². The Bertz CT molecular complexity index is 993. The van der Waals surface area contributed by atoms with Gasteiger partial charge in [-0.1, -0.05) is 29.3 Å². The molecule has 3 fully saturated rings. The van der Waals surface area contributed by atoms with Crippen LogP contribution in [-0.4, -0.2) is 87.9 Å². The van der Waals surface area contributed by atoms with Gasteiger partial charge in [-0.15, -0.1) is 0 Å². The molecule has 3 saturated heterocycles. The van der Waals surface area contributed by atoms with E-state index in [1.165, 1.54) is 18.4 Å². The van der Waals surface area contributed by atoms with Crippen LogP contribution >= 0.6 is 23.2 Å². The van der Waals surface area contributed by atoms with Crippen LogP contribution in [0.2, 0.25) is 10.0 Å². The van der Waals surface area contributed by atoms with Crippen LogP contribution in [0, 0.1) is 0 Å². The summed E-state index contributed by atoms with van der Waals surface area (Å²) in [5, 5.41) is 5.33. The smallest absolute Gasteiger partial charge is 0.227 e. The van der Waals surface area contributed by atoms with Crippen molar-refractivity contribution >= 4 is 29.1 Å². The highest BCUT2D eigenvalue weighted by Crippen LogP contribution is 2.31. The fourth-order valence-corrected chi connectivity index (χ4v) is 5.97. The Labute approximate surface area is 205 Å². The Morgan fingerprint density at radius 2 is 1.85 bits per heavy atom. The number of rotatable bonds is 5. The maximum atomic E-state index is 13.6. The minimum atomic E-state index is 0.109. The summed E-state index contributed by atoms with van der Waals surface area (Å²) in [6.45, 7) is 5.83. The Balaban J connectivity index is 1.39. The van der Waals surface area contributed by atoms with E-state index in [-0.39, 0.29) is 24.0 Å². The van der Waals surface area contributed by atoms with E-state index < -0.39 is 0 Å². The fraction of sp³-hybridized carbons (Fsp3) is 0.583. The molecule has 33 heavy (non-hydrogen) atoms. The van der Waals surface area contributed by atoms with Crippen molar-refractivity contribution in [2.45, 2.75) is 43.9 Å². The molecule has 0 aliphatic carbocycles. The number of aryl methyl sites for hydroxylation is 1. The molecule has 0 radical (unpaired) electrons. The first-order chi connectivity index (χ1) is 16.0. The molecule has 0 N–H and O–H groups in total. The number of hydrogen-bond acceptors (Lipinski definition) is 5. The third-order valence-electron chi connectivity index (χ3n) is 7.24. The third-order valence-corrected chi connectivity index (χ3v) is 7.98. The van der Waals surface area contributed by atoms with E-state index in [2.05, 4.69) is 26.0 Å². The molecule has 9 heteroatoms. The first-order valence-electron chi connectivity index (χ1n) is 11.8. The highest BCUT2D eigenvalue weighted by molar-refractivity contribution is 6.42. The summed E-state index contributed by atoms with van der Waals surface area (Å²) in [6, 6.07) is 5.96. The molecule has 5 rings (SSSR count). The second-order valence-corrected chi connectivity index (χ2v) is 10.2. The van der Waals surface area contributed by atoms with Gasteiger partial charge in [0.25, 0.3) is 0 Å². The van der Waals surface area contributed by atoms with Gasteiger partial charge in [-0.25, -0.2) is 0 Å². The largest absolute Gasteiger partial charge is 0.378 e. The molecule has 1 amide bonds. The first kappa shape index (κ1) is 23.1. The monoisotopic (exact) mass is 491 g/mol. The van der Waals surface area contributed by atoms with Crippen LogP contribution < -0.4 is 0 Å². The molecule has 3 atom stereocenters. The molecule has 3 aliphatic heterocycles. The Morgan fingerprint density at radius 1 is 1.06 bits per heavy atom. The number of nitrogens with zero attached hydrogens (tertiary/aromatic N) is 5. The van der Waals surface area contributed by atoms with Crippen molar-refractivity contribution in [2.24, 2.45) is 7.05 Å². The summed E-state index contributed by atoms with van der Waals surface area (Å²) in [5.74, 6) is 0.149. The van der Waals surface area contributed by atoms with Crippen LogP contribution in [0.25, 0.3) is 0 Å². The van der Waals surface area contributed by atoms with Crippen LogP contribution in [-0.2, 0) is 29.5 Å². The summed E-state index contributed by atoms with van der Waals surface area (Å²) in [7, 11) is 1.94. The highest BCUT2D eigenvalue weighted by atomic mass is 35.5. The van der Waals surface area contributed by atoms with Crippen molar-refractivity contribution in [3.05, 3.63) is 51.8 Å². The lowest BCUT2D eigenvalue weighted by molar-refractivity contribution is -0.153. The lowest BCUT2D eigenvalue weighted by Crippen LogP contribution is -2.71. The highest BCUT2D eigenvalue weighted by Gasteiger charge is 2.47. The Hall–Kier alpha value is -1.64. The zero-order valence-electron chi connectivity index (χ0n) is 19.0. The van der Waals surface area contributed by atoms with Crippen LogP contribution in [0.5, 0.6) is 0 Å². The van der Waals surface area contributed by atoms with Gasteiger partial charge in [-0.3, -0.25) is 19.3 Å². The second kappa shape index (κ2) is 9.92. The normalized spacial score (nSPS) is 26.5. The minimum Gasteiger partial charge on any atom is -0.378 e. The number of benzene rings is 1. The first-order valence-corrected chi connectivity index (χ1v) is 12.5. The number of carbonyl (C=O) groups excluding carboxylic acids is 1. The topological polar surface area (TPSA) is 53.8 Å². The number of fused-ring (bicyclic) bond motifs is 1. The molecule has 178 valence electrons. The zero-order chi connectivity index (χ0) is 22.9. The quantitative estimate of drug-likeness (QED) is 0.643. The molecule has 0 bridgehead atoms. The number of ether oxygens (including phenoxy) is 1. The van der Waals surface area contributed by atoms with Crippen molar-refractivity contribution in [3.8, 4) is 0 Å². The summed E-state index contributed by atoms with van der Waals surface area (Å²) in [4.78, 5) is 20.7. The standard InChI is InChI=1S/C24H31Cl2N5O2/c1-28-13-18(12-27-28)14-30-8-9-31(23(32)11-17-4-5-19(25)20(26)10-17)24-21(15-33-16-22(24)30)29-6-2-3-7-29/h4-5,10,12-13,21-22,24H,2-3,6-9,11,14-16H2,1H3/t21?,22?,24-/m1/s1. The summed E-state index contributed by atoms with van der Waals surface area (Å²) >= 11 is 12.3. The van der Waals surface area contributed by atoms with E-state index in [0.717, 1.165) is 31.7 Å². The van der Waals surface area contributed by atoms with Gasteiger partial charge in [0.05, 0.1) is 54.0 Å². The fourth-order valence-electron chi connectivity index (χ4n) is 5.65. The molecule has 7 nitrogen and oxygen atoms in total. The van der Waals surface area contributed by atoms with Gasteiger partial charge < -0.3 is 9.64 Å². The maximum Gasteiger partial charge on any atom is 0.227 e. The van der Waals surface area contributed by atoms with Crippen molar-refractivity contribution in [3.63, 3.8) is 0 Å². The molecular weight excluding hydrogens is 461 g/mol. The average molecular weight is 492 g/mol. The van der Waals surface area contributed by atoms with Crippen molar-refractivity contribution in [1.29, 1.82) is 0 Å². The van der Waals surface area contributed by atoms with Gasteiger partial charge in [0.1, 0.15) is 0 Å². The predicted octanol–water partition coefficient (Wildman–Crippen LogP) is 2.85. The van der Waals surface area contributed by atoms with Gasteiger partial charge in [0.2, 0.25) is 5.91 Å². The summed E-state index contributed by atoms with van der Waals surface area (Å²) in [6.07, 6.45) is 6.75. The van der Waals surface area contributed by atoms with Gasteiger partial charge in [-0.2, -0.15) is 5.10 Å². The predicted molar refractivity (Wildman–Crippen MR) is 128 cm³/mol. The van der Waals surface area contributed by atoms with E-state index in [1.807, 2.05) is 24.0 Å². The molecule has 0 saturated carbocycles.